The van der Waals surface area contributed by atoms with Crippen molar-refractivity contribution in [2.24, 2.45) is 10.7 Å². The molecule has 1 atom stereocenters. The SMILES string of the molecule is C=NC(c1ccccc1)c1ccccc1.CC(N)c1ccc(-c2cccc3c2-c2sc4ccccc4c2C32c3ccccc3-c3ccccc32)cc1. The molecular formula is C49H38N2S. The molecule has 250 valence electrons. The third-order valence-corrected chi connectivity index (χ3v) is 12.0. The van der Waals surface area contributed by atoms with E-state index in [1.165, 1.54) is 76.2 Å². The van der Waals surface area contributed by atoms with Crippen molar-refractivity contribution in [3.8, 4) is 32.7 Å². The first-order chi connectivity index (χ1) is 25.6. The van der Waals surface area contributed by atoms with Crippen LogP contribution in [0.1, 0.15) is 58.0 Å². The lowest BCUT2D eigenvalue weighted by atomic mass is 9.70. The number of hydrogen-bond acceptors (Lipinski definition) is 3. The van der Waals surface area contributed by atoms with Crippen LogP contribution in [0.15, 0.2) is 181 Å². The quantitative estimate of drug-likeness (QED) is 0.180. The molecule has 0 aliphatic heterocycles. The fourth-order valence-corrected chi connectivity index (χ4v) is 9.85. The summed E-state index contributed by atoms with van der Waals surface area (Å²) in [6.45, 7) is 5.70. The number of benzene rings is 7. The Bertz CT molecular complexity index is 2480. The van der Waals surface area contributed by atoms with Gasteiger partial charge in [0.2, 0.25) is 0 Å². The first-order valence-electron chi connectivity index (χ1n) is 17.9. The summed E-state index contributed by atoms with van der Waals surface area (Å²) < 4.78 is 1.35. The number of thiophene rings is 1. The van der Waals surface area contributed by atoms with E-state index in [1.54, 1.807) is 0 Å². The highest BCUT2D eigenvalue weighted by Gasteiger charge is 2.53. The second-order valence-electron chi connectivity index (χ2n) is 13.7. The van der Waals surface area contributed by atoms with E-state index in [4.69, 9.17) is 5.73 Å². The molecule has 0 radical (unpaired) electrons. The summed E-state index contributed by atoms with van der Waals surface area (Å²) in [5.41, 5.74) is 21.6. The van der Waals surface area contributed by atoms with Gasteiger partial charge in [-0.25, -0.2) is 0 Å². The summed E-state index contributed by atoms with van der Waals surface area (Å²) in [7, 11) is 0. The van der Waals surface area contributed by atoms with E-state index in [2.05, 4.69) is 151 Å². The third kappa shape index (κ3) is 4.92. The summed E-state index contributed by atoms with van der Waals surface area (Å²) in [6.07, 6.45) is 0. The fourth-order valence-electron chi connectivity index (χ4n) is 8.51. The summed E-state index contributed by atoms with van der Waals surface area (Å²) in [6, 6.07) is 63.2. The molecule has 2 aliphatic carbocycles. The van der Waals surface area contributed by atoms with Gasteiger partial charge in [-0.2, -0.15) is 0 Å². The van der Waals surface area contributed by atoms with Crippen LogP contribution in [-0.2, 0) is 5.41 Å². The van der Waals surface area contributed by atoms with Gasteiger partial charge in [-0.1, -0.05) is 170 Å². The highest BCUT2D eigenvalue weighted by Crippen LogP contribution is 2.67. The topological polar surface area (TPSA) is 38.4 Å². The first-order valence-corrected chi connectivity index (χ1v) is 18.7. The summed E-state index contributed by atoms with van der Waals surface area (Å²) in [5, 5.41) is 1.36. The minimum absolute atomic E-state index is 0.0273. The van der Waals surface area contributed by atoms with Crippen LogP contribution in [0.2, 0.25) is 0 Å². The maximum Gasteiger partial charge on any atom is 0.0992 e. The van der Waals surface area contributed by atoms with Crippen molar-refractivity contribution in [1.82, 2.24) is 0 Å². The summed E-state index contributed by atoms with van der Waals surface area (Å²) in [5.74, 6) is 0. The van der Waals surface area contributed by atoms with Gasteiger partial charge in [0.05, 0.1) is 11.5 Å². The Kier molecular flexibility index (Phi) is 8.03. The molecule has 0 amide bonds. The molecule has 2 aliphatic rings. The average molecular weight is 687 g/mol. The average Bonchev–Trinajstić information content (AvgIpc) is 3.83. The van der Waals surface area contributed by atoms with Gasteiger partial charge in [0.1, 0.15) is 0 Å². The van der Waals surface area contributed by atoms with Gasteiger partial charge in [-0.3, -0.25) is 4.99 Å². The van der Waals surface area contributed by atoms with E-state index in [0.717, 1.165) is 5.56 Å². The molecule has 2 nitrogen and oxygen atoms in total. The van der Waals surface area contributed by atoms with E-state index in [-0.39, 0.29) is 17.5 Å². The fraction of sp³-hybridized carbons (Fsp3) is 0.0816. The summed E-state index contributed by atoms with van der Waals surface area (Å²) >= 11 is 1.94. The Morgan fingerprint density at radius 2 is 1.06 bits per heavy atom. The van der Waals surface area contributed by atoms with Crippen LogP contribution in [0.3, 0.4) is 0 Å². The monoisotopic (exact) mass is 686 g/mol. The normalized spacial score (nSPS) is 13.5. The lowest BCUT2D eigenvalue weighted by Crippen LogP contribution is -2.25. The Labute approximate surface area is 309 Å². The van der Waals surface area contributed by atoms with Gasteiger partial charge >= 0.3 is 0 Å². The number of hydrogen-bond donors (Lipinski definition) is 1. The molecule has 2 N–H and O–H groups in total. The zero-order chi connectivity index (χ0) is 35.2. The second kappa shape index (κ2) is 13.0. The van der Waals surface area contributed by atoms with Crippen LogP contribution < -0.4 is 5.73 Å². The van der Waals surface area contributed by atoms with E-state index in [1.807, 2.05) is 54.7 Å². The van der Waals surface area contributed by atoms with Gasteiger partial charge in [0.15, 0.2) is 0 Å². The minimum Gasteiger partial charge on any atom is -0.324 e. The highest BCUT2D eigenvalue weighted by atomic mass is 32.1. The number of nitrogens with two attached hydrogens (primary N) is 1. The van der Waals surface area contributed by atoms with Crippen LogP contribution in [0.5, 0.6) is 0 Å². The Morgan fingerprint density at radius 1 is 0.538 bits per heavy atom. The highest BCUT2D eigenvalue weighted by molar-refractivity contribution is 7.22. The minimum atomic E-state index is -0.320. The number of aliphatic imine (C=N–C) groups is 1. The van der Waals surface area contributed by atoms with Gasteiger partial charge in [-0.15, -0.1) is 11.3 Å². The van der Waals surface area contributed by atoms with Crippen LogP contribution in [0, 0.1) is 0 Å². The maximum absolute atomic E-state index is 6.17. The van der Waals surface area contributed by atoms with Gasteiger partial charge in [-0.05, 0) is 86.3 Å². The van der Waals surface area contributed by atoms with Crippen LogP contribution in [0.25, 0.3) is 42.8 Å². The van der Waals surface area contributed by atoms with Crippen molar-refractivity contribution < 1.29 is 0 Å². The van der Waals surface area contributed by atoms with Crippen LogP contribution in [0.4, 0.5) is 0 Å². The van der Waals surface area contributed by atoms with Crippen molar-refractivity contribution in [2.75, 3.05) is 0 Å². The van der Waals surface area contributed by atoms with Crippen LogP contribution >= 0.6 is 11.3 Å². The zero-order valence-corrected chi connectivity index (χ0v) is 29.9. The van der Waals surface area contributed by atoms with E-state index in [0.29, 0.717) is 0 Å². The Morgan fingerprint density at radius 3 is 1.65 bits per heavy atom. The third-order valence-electron chi connectivity index (χ3n) is 10.8. The molecule has 10 rings (SSSR count). The van der Waals surface area contributed by atoms with Crippen molar-refractivity contribution >= 4 is 28.1 Å². The predicted molar refractivity (Wildman–Crippen MR) is 220 cm³/mol. The van der Waals surface area contributed by atoms with E-state index >= 15 is 0 Å². The molecule has 0 fully saturated rings. The molecule has 0 bridgehead atoms. The number of rotatable bonds is 5. The van der Waals surface area contributed by atoms with Crippen molar-refractivity contribution in [3.63, 3.8) is 0 Å². The van der Waals surface area contributed by atoms with Gasteiger partial charge in [0, 0.05) is 21.2 Å². The standard InChI is InChI=1S/C35H25NS.C14H13N/c1-21(36)22-17-19-23(20-18-22)24-12-8-15-30-32(24)34-33(27-11-4-7-16-31(27)37-34)35(30)28-13-5-2-9-25(28)26-10-3-6-14-29(26)35;1-15-14(12-8-4-2-5-9-12)13-10-6-3-7-11-13/h2-21H,36H2,1H3;2-11,14H,1H2. The van der Waals surface area contributed by atoms with E-state index < -0.39 is 0 Å². The predicted octanol–water partition coefficient (Wildman–Crippen LogP) is 12.4. The maximum atomic E-state index is 6.17. The largest absolute Gasteiger partial charge is 0.324 e. The van der Waals surface area contributed by atoms with Gasteiger partial charge in [0.25, 0.3) is 0 Å². The van der Waals surface area contributed by atoms with Gasteiger partial charge < -0.3 is 5.73 Å². The Balaban J connectivity index is 0.000000202. The van der Waals surface area contributed by atoms with E-state index in [9.17, 15) is 0 Å². The first kappa shape index (κ1) is 32.1. The van der Waals surface area contributed by atoms with Crippen molar-refractivity contribution in [1.29, 1.82) is 0 Å². The lowest BCUT2D eigenvalue weighted by Gasteiger charge is -2.30. The molecular weight excluding hydrogens is 649 g/mol. The molecule has 3 heteroatoms. The molecule has 1 spiro atoms. The lowest BCUT2D eigenvalue weighted by molar-refractivity contribution is 0.803. The number of nitrogens with zero attached hydrogens (tertiary/aromatic N) is 1. The summed E-state index contributed by atoms with van der Waals surface area (Å²) in [4.78, 5) is 5.58. The molecule has 52 heavy (non-hydrogen) atoms. The molecule has 0 saturated heterocycles. The molecule has 1 heterocycles. The molecule has 1 unspecified atom stereocenters. The zero-order valence-electron chi connectivity index (χ0n) is 29.0. The molecule has 7 aromatic carbocycles. The Hall–Kier alpha value is -5.87. The molecule has 1 aromatic heterocycles. The molecule has 0 saturated carbocycles. The van der Waals surface area contributed by atoms with Crippen molar-refractivity contribution in [2.45, 2.75) is 24.4 Å². The number of fused-ring (bicyclic) bond motifs is 12. The smallest absolute Gasteiger partial charge is 0.0992 e. The van der Waals surface area contributed by atoms with Crippen LogP contribution in [-0.4, -0.2) is 6.72 Å². The molecule has 8 aromatic rings. The van der Waals surface area contributed by atoms with Crippen molar-refractivity contribution in [3.05, 3.63) is 215 Å². The second-order valence-corrected chi connectivity index (χ2v) is 14.7.